The molecule has 0 aliphatic carbocycles. The summed E-state index contributed by atoms with van der Waals surface area (Å²) in [6, 6.07) is 3.14. The van der Waals surface area contributed by atoms with Crippen molar-refractivity contribution >= 4 is 28.9 Å². The molecule has 0 saturated carbocycles. The summed E-state index contributed by atoms with van der Waals surface area (Å²) in [4.78, 5) is 23.6. The molecule has 114 valence electrons. The lowest BCUT2D eigenvalue weighted by Crippen LogP contribution is -2.37. The molecule has 1 atom stereocenters. The maximum Gasteiger partial charge on any atom is 0.273 e. The molecule has 0 radical (unpaired) electrons. The highest BCUT2D eigenvalue weighted by Gasteiger charge is 2.24. The smallest absolute Gasteiger partial charge is 0.273 e. The van der Waals surface area contributed by atoms with Gasteiger partial charge in [-0.05, 0) is 31.7 Å². The van der Waals surface area contributed by atoms with Gasteiger partial charge in [0.15, 0.2) is 0 Å². The summed E-state index contributed by atoms with van der Waals surface area (Å²) < 4.78 is 0. The van der Waals surface area contributed by atoms with Crippen LogP contribution in [0.3, 0.4) is 0 Å². The van der Waals surface area contributed by atoms with Crippen molar-refractivity contribution in [1.29, 1.82) is 0 Å². The second-order valence-electron chi connectivity index (χ2n) is 5.47. The maximum absolute atomic E-state index is 11.1. The van der Waals surface area contributed by atoms with E-state index in [1.54, 1.807) is 13.0 Å². The van der Waals surface area contributed by atoms with E-state index in [0.717, 1.165) is 25.1 Å². The summed E-state index contributed by atoms with van der Waals surface area (Å²) in [5, 5.41) is 11.3. The van der Waals surface area contributed by atoms with Crippen LogP contribution in [0.1, 0.15) is 24.8 Å². The third-order valence-corrected chi connectivity index (χ3v) is 4.11. The Morgan fingerprint density at radius 3 is 2.90 bits per heavy atom. The van der Waals surface area contributed by atoms with E-state index in [9.17, 15) is 14.9 Å². The topological polar surface area (TPSA) is 89.5 Å². The van der Waals surface area contributed by atoms with Crippen LogP contribution in [0.4, 0.5) is 11.4 Å². The molecule has 21 heavy (non-hydrogen) atoms. The summed E-state index contributed by atoms with van der Waals surface area (Å²) in [6.07, 6.45) is 2.27. The quantitative estimate of drug-likeness (QED) is 0.683. The molecule has 1 unspecified atom stereocenters. The number of nitro groups is 1. The van der Waals surface area contributed by atoms with Crippen LogP contribution in [0.15, 0.2) is 12.1 Å². The highest BCUT2D eigenvalue weighted by atomic mass is 35.5. The predicted octanol–water partition coefficient (Wildman–Crippen LogP) is 2.65. The van der Waals surface area contributed by atoms with Crippen LogP contribution in [0.2, 0.25) is 5.02 Å². The molecular weight excluding hydrogens is 294 g/mol. The first-order chi connectivity index (χ1) is 9.88. The normalized spacial score (nSPS) is 18.6. The van der Waals surface area contributed by atoms with E-state index in [1.807, 2.05) is 0 Å². The van der Waals surface area contributed by atoms with Crippen molar-refractivity contribution in [1.82, 2.24) is 0 Å². The van der Waals surface area contributed by atoms with Gasteiger partial charge in [0.2, 0.25) is 5.91 Å². The summed E-state index contributed by atoms with van der Waals surface area (Å²) in [6.45, 7) is 3.22. The van der Waals surface area contributed by atoms with Gasteiger partial charge < -0.3 is 10.6 Å². The minimum Gasteiger partial charge on any atom is -0.370 e. The number of nitrogens with zero attached hydrogens (tertiary/aromatic N) is 2. The Hall–Kier alpha value is -1.82. The first-order valence-corrected chi connectivity index (χ1v) is 7.24. The zero-order valence-electron chi connectivity index (χ0n) is 11.8. The fourth-order valence-electron chi connectivity index (χ4n) is 2.83. The number of nitro benzene ring substituents is 1. The Kier molecular flexibility index (Phi) is 4.67. The highest BCUT2D eigenvalue weighted by molar-refractivity contribution is 6.33. The van der Waals surface area contributed by atoms with Gasteiger partial charge in [0, 0.05) is 31.1 Å². The third-order valence-electron chi connectivity index (χ3n) is 3.81. The van der Waals surface area contributed by atoms with Crippen LogP contribution < -0.4 is 10.6 Å². The molecule has 1 aromatic rings. The molecule has 0 spiro atoms. The van der Waals surface area contributed by atoms with Crippen molar-refractivity contribution in [3.63, 3.8) is 0 Å². The lowest BCUT2D eigenvalue weighted by Gasteiger charge is -2.34. The van der Waals surface area contributed by atoms with E-state index in [-0.39, 0.29) is 17.5 Å². The Labute approximate surface area is 128 Å². The Morgan fingerprint density at radius 1 is 1.57 bits per heavy atom. The second-order valence-corrected chi connectivity index (χ2v) is 5.88. The van der Waals surface area contributed by atoms with Gasteiger partial charge in [-0.1, -0.05) is 11.6 Å². The molecule has 1 amide bonds. The number of nitrogens with two attached hydrogens (primary N) is 1. The zero-order valence-corrected chi connectivity index (χ0v) is 12.6. The largest absolute Gasteiger partial charge is 0.370 e. The average Bonchev–Trinajstić information content (AvgIpc) is 2.40. The number of carbonyl (C=O) groups is 1. The highest BCUT2D eigenvalue weighted by Crippen LogP contribution is 2.35. The second kappa shape index (κ2) is 6.30. The van der Waals surface area contributed by atoms with E-state index < -0.39 is 4.92 Å². The van der Waals surface area contributed by atoms with Gasteiger partial charge in [0.1, 0.15) is 0 Å². The number of anilines is 1. The van der Waals surface area contributed by atoms with Gasteiger partial charge in [-0.15, -0.1) is 0 Å². The first kappa shape index (κ1) is 15.6. The Balaban J connectivity index is 2.23. The maximum atomic E-state index is 11.1. The van der Waals surface area contributed by atoms with Crippen LogP contribution in [-0.2, 0) is 4.79 Å². The number of halogens is 1. The van der Waals surface area contributed by atoms with E-state index in [0.29, 0.717) is 23.6 Å². The fourth-order valence-corrected chi connectivity index (χ4v) is 3.11. The summed E-state index contributed by atoms with van der Waals surface area (Å²) in [7, 11) is 0. The fraction of sp³-hybridized carbons (Fsp3) is 0.500. The number of aryl methyl sites for hydroxylation is 1. The minimum atomic E-state index is -0.433. The zero-order chi connectivity index (χ0) is 15.6. The van der Waals surface area contributed by atoms with E-state index in [1.165, 1.54) is 6.07 Å². The van der Waals surface area contributed by atoms with Gasteiger partial charge in [0.05, 0.1) is 15.6 Å². The van der Waals surface area contributed by atoms with Crippen molar-refractivity contribution in [2.24, 2.45) is 11.7 Å². The lowest BCUT2D eigenvalue weighted by molar-refractivity contribution is -0.385. The molecule has 6 nitrogen and oxygen atoms in total. The Bertz CT molecular complexity index is 577. The van der Waals surface area contributed by atoms with Crippen molar-refractivity contribution in [3.05, 3.63) is 32.8 Å². The molecular formula is C14H18ClN3O3. The van der Waals surface area contributed by atoms with Crippen molar-refractivity contribution < 1.29 is 9.72 Å². The predicted molar refractivity (Wildman–Crippen MR) is 81.6 cm³/mol. The molecule has 1 saturated heterocycles. The number of rotatable bonds is 4. The summed E-state index contributed by atoms with van der Waals surface area (Å²) in [5.41, 5.74) is 6.64. The molecule has 2 rings (SSSR count). The number of amides is 1. The Morgan fingerprint density at radius 2 is 2.29 bits per heavy atom. The molecule has 1 aliphatic rings. The standard InChI is InChI=1S/C14H18ClN3O3/c1-9-5-13(11(15)7-12(9)18(20)21)17-4-2-3-10(8-17)6-14(16)19/h5,7,10H,2-4,6,8H2,1H3,(H2,16,19). The van der Waals surface area contributed by atoms with E-state index in [2.05, 4.69) is 4.90 Å². The first-order valence-electron chi connectivity index (χ1n) is 6.86. The van der Waals surface area contributed by atoms with E-state index >= 15 is 0 Å². The van der Waals surface area contributed by atoms with Gasteiger partial charge in [-0.25, -0.2) is 0 Å². The van der Waals surface area contributed by atoms with Gasteiger partial charge >= 0.3 is 0 Å². The van der Waals surface area contributed by atoms with Crippen LogP contribution in [0.25, 0.3) is 0 Å². The summed E-state index contributed by atoms with van der Waals surface area (Å²) >= 11 is 6.19. The van der Waals surface area contributed by atoms with Crippen LogP contribution in [-0.4, -0.2) is 23.9 Å². The summed E-state index contributed by atoms with van der Waals surface area (Å²) in [5.74, 6) is -0.0874. The molecule has 1 heterocycles. The van der Waals surface area contributed by atoms with Gasteiger partial charge in [0.25, 0.3) is 5.69 Å². The SMILES string of the molecule is Cc1cc(N2CCCC(CC(N)=O)C2)c(Cl)cc1[N+](=O)[O-]. The molecule has 0 bridgehead atoms. The number of benzene rings is 1. The molecule has 1 aromatic carbocycles. The monoisotopic (exact) mass is 311 g/mol. The van der Waals surface area contributed by atoms with Crippen LogP contribution in [0, 0.1) is 23.0 Å². The third kappa shape index (κ3) is 3.64. The van der Waals surface area contributed by atoms with Crippen LogP contribution in [0.5, 0.6) is 0 Å². The number of carbonyl (C=O) groups excluding carboxylic acids is 1. The molecule has 0 aromatic heterocycles. The van der Waals surface area contributed by atoms with Gasteiger partial charge in [-0.3, -0.25) is 14.9 Å². The molecule has 1 fully saturated rings. The number of primary amides is 1. The molecule has 2 N–H and O–H groups in total. The minimum absolute atomic E-state index is 0.0226. The van der Waals surface area contributed by atoms with Crippen molar-refractivity contribution in [2.45, 2.75) is 26.2 Å². The van der Waals surface area contributed by atoms with Gasteiger partial charge in [-0.2, -0.15) is 0 Å². The number of hydrogen-bond acceptors (Lipinski definition) is 4. The van der Waals surface area contributed by atoms with Crippen molar-refractivity contribution in [3.8, 4) is 0 Å². The number of hydrogen-bond donors (Lipinski definition) is 1. The lowest BCUT2D eigenvalue weighted by atomic mass is 9.94. The van der Waals surface area contributed by atoms with Crippen molar-refractivity contribution in [2.75, 3.05) is 18.0 Å². The number of piperidine rings is 1. The molecule has 1 aliphatic heterocycles. The molecule has 7 heteroatoms. The van der Waals surface area contributed by atoms with E-state index in [4.69, 9.17) is 17.3 Å². The average molecular weight is 312 g/mol. The van der Waals surface area contributed by atoms with Crippen LogP contribution >= 0.6 is 11.6 Å².